The summed E-state index contributed by atoms with van der Waals surface area (Å²) in [6.45, 7) is 5.38. The van der Waals surface area contributed by atoms with Crippen LogP contribution in [-0.4, -0.2) is 68.9 Å². The van der Waals surface area contributed by atoms with E-state index in [1.165, 1.54) is 0 Å². The second-order valence-electron chi connectivity index (χ2n) is 7.23. The Labute approximate surface area is 152 Å². The molecule has 2 aliphatic heterocycles. The van der Waals surface area contributed by atoms with Crippen molar-refractivity contribution >= 4 is 28.7 Å². The quantitative estimate of drug-likeness (QED) is 0.835. The molecule has 1 amide bonds. The van der Waals surface area contributed by atoms with Gasteiger partial charge in [-0.3, -0.25) is 9.48 Å². The molecule has 140 valence electrons. The molecule has 4 heterocycles. The Morgan fingerprint density at radius 1 is 1.23 bits per heavy atom. The lowest BCUT2D eigenvalue weighted by Gasteiger charge is -2.30. The number of carbonyl (C=O) groups excluding carboxylic acids is 1. The first kappa shape index (κ1) is 17.0. The highest BCUT2D eigenvalue weighted by Crippen LogP contribution is 2.28. The third-order valence-electron chi connectivity index (χ3n) is 5.35. The predicted octanol–water partition coefficient (Wildman–Crippen LogP) is 0.553. The van der Waals surface area contributed by atoms with Crippen molar-refractivity contribution in [2.75, 3.05) is 43.4 Å². The summed E-state index contributed by atoms with van der Waals surface area (Å²) in [6.07, 6.45) is 4.27. The van der Waals surface area contributed by atoms with E-state index in [2.05, 4.69) is 20.0 Å². The van der Waals surface area contributed by atoms with Crippen LogP contribution in [0, 0.1) is 0 Å². The van der Waals surface area contributed by atoms with Crippen molar-refractivity contribution in [3.05, 3.63) is 6.20 Å². The zero-order valence-corrected chi connectivity index (χ0v) is 15.3. The third-order valence-corrected chi connectivity index (χ3v) is 5.35. The average Bonchev–Trinajstić information content (AvgIpc) is 3.14. The van der Waals surface area contributed by atoms with Gasteiger partial charge in [0.15, 0.2) is 5.65 Å². The fourth-order valence-electron chi connectivity index (χ4n) is 3.78. The van der Waals surface area contributed by atoms with E-state index >= 15 is 0 Å². The molecular weight excluding hydrogens is 334 g/mol. The summed E-state index contributed by atoms with van der Waals surface area (Å²) in [5, 5.41) is 4.96. The van der Waals surface area contributed by atoms with E-state index in [0.717, 1.165) is 43.4 Å². The Balaban J connectivity index is 1.52. The number of ether oxygens (including phenoxy) is 1. The van der Waals surface area contributed by atoms with Crippen LogP contribution >= 0.6 is 0 Å². The minimum atomic E-state index is -0.663. The van der Waals surface area contributed by atoms with E-state index < -0.39 is 5.60 Å². The van der Waals surface area contributed by atoms with Gasteiger partial charge in [0.2, 0.25) is 5.95 Å². The van der Waals surface area contributed by atoms with E-state index in [1.807, 2.05) is 18.9 Å². The molecule has 2 fully saturated rings. The van der Waals surface area contributed by atoms with Gasteiger partial charge in [-0.1, -0.05) is 0 Å². The van der Waals surface area contributed by atoms with Crippen LogP contribution in [0.25, 0.3) is 11.0 Å². The molecule has 2 N–H and O–H groups in total. The normalized spacial score (nSPS) is 24.2. The van der Waals surface area contributed by atoms with Gasteiger partial charge in [-0.15, -0.1) is 0 Å². The number of aryl methyl sites for hydroxylation is 1. The molecule has 9 nitrogen and oxygen atoms in total. The summed E-state index contributed by atoms with van der Waals surface area (Å²) in [6, 6.07) is 0. The molecule has 4 rings (SSSR count). The maximum absolute atomic E-state index is 12.9. The highest BCUT2D eigenvalue weighted by molar-refractivity contribution is 5.86. The molecule has 1 unspecified atom stereocenters. The van der Waals surface area contributed by atoms with Crippen molar-refractivity contribution in [3.63, 3.8) is 0 Å². The Bertz CT molecular complexity index is 828. The first-order chi connectivity index (χ1) is 12.5. The zero-order valence-electron chi connectivity index (χ0n) is 15.3. The number of anilines is 2. The molecule has 2 aliphatic rings. The molecule has 2 aromatic heterocycles. The van der Waals surface area contributed by atoms with Crippen LogP contribution in [0.4, 0.5) is 11.8 Å². The summed E-state index contributed by atoms with van der Waals surface area (Å²) in [4.78, 5) is 26.0. The van der Waals surface area contributed by atoms with Crippen molar-refractivity contribution in [1.29, 1.82) is 0 Å². The van der Waals surface area contributed by atoms with Crippen LogP contribution < -0.4 is 10.6 Å². The molecule has 2 saturated heterocycles. The lowest BCUT2D eigenvalue weighted by atomic mass is 10.0. The van der Waals surface area contributed by atoms with Crippen LogP contribution in [0.3, 0.4) is 0 Å². The number of aromatic nitrogens is 4. The lowest BCUT2D eigenvalue weighted by molar-refractivity contribution is -0.150. The number of fused-ring (bicyclic) bond motifs is 1. The van der Waals surface area contributed by atoms with Crippen LogP contribution in [0.5, 0.6) is 0 Å². The van der Waals surface area contributed by atoms with Gasteiger partial charge in [0.05, 0.1) is 11.6 Å². The van der Waals surface area contributed by atoms with Crippen LogP contribution in [0.15, 0.2) is 6.20 Å². The molecule has 26 heavy (non-hydrogen) atoms. The Morgan fingerprint density at radius 2 is 2.08 bits per heavy atom. The van der Waals surface area contributed by atoms with Crippen molar-refractivity contribution < 1.29 is 9.53 Å². The SMILES string of the molecule is Cn1ncc2c(N)nc(N3CCCN(C(=O)C4(C)CCCO4)CC3)nc21. The van der Waals surface area contributed by atoms with E-state index in [0.29, 0.717) is 31.5 Å². The van der Waals surface area contributed by atoms with Crippen LogP contribution in [0.1, 0.15) is 26.2 Å². The summed E-state index contributed by atoms with van der Waals surface area (Å²) in [7, 11) is 1.84. The largest absolute Gasteiger partial charge is 0.383 e. The number of hydrogen-bond acceptors (Lipinski definition) is 7. The van der Waals surface area contributed by atoms with Crippen molar-refractivity contribution in [3.8, 4) is 0 Å². The lowest BCUT2D eigenvalue weighted by Crippen LogP contribution is -2.48. The second-order valence-corrected chi connectivity index (χ2v) is 7.23. The topological polar surface area (TPSA) is 102 Å². The molecule has 2 aromatic rings. The number of amides is 1. The highest BCUT2D eigenvalue weighted by Gasteiger charge is 2.41. The molecule has 0 aromatic carbocycles. The number of rotatable bonds is 2. The molecular formula is C17H25N7O2. The fourth-order valence-corrected chi connectivity index (χ4v) is 3.78. The predicted molar refractivity (Wildman–Crippen MR) is 97.7 cm³/mol. The monoisotopic (exact) mass is 359 g/mol. The highest BCUT2D eigenvalue weighted by atomic mass is 16.5. The maximum atomic E-state index is 12.9. The van der Waals surface area contributed by atoms with E-state index in [9.17, 15) is 4.79 Å². The van der Waals surface area contributed by atoms with Gasteiger partial charge in [-0.25, -0.2) is 0 Å². The Hall–Kier alpha value is -2.42. The first-order valence-electron chi connectivity index (χ1n) is 9.11. The van der Waals surface area contributed by atoms with Crippen molar-refractivity contribution in [2.24, 2.45) is 7.05 Å². The molecule has 0 bridgehead atoms. The summed E-state index contributed by atoms with van der Waals surface area (Å²) in [5.74, 6) is 1.12. The average molecular weight is 359 g/mol. The number of nitrogen functional groups attached to an aromatic ring is 1. The number of nitrogens with zero attached hydrogens (tertiary/aromatic N) is 6. The number of hydrogen-bond donors (Lipinski definition) is 1. The minimum Gasteiger partial charge on any atom is -0.383 e. The van der Waals surface area contributed by atoms with Gasteiger partial charge in [-0.2, -0.15) is 15.1 Å². The van der Waals surface area contributed by atoms with Gasteiger partial charge in [0.25, 0.3) is 5.91 Å². The summed E-state index contributed by atoms with van der Waals surface area (Å²) >= 11 is 0. The fraction of sp³-hybridized carbons (Fsp3) is 0.647. The Morgan fingerprint density at radius 3 is 2.85 bits per heavy atom. The van der Waals surface area contributed by atoms with Gasteiger partial charge >= 0.3 is 0 Å². The molecule has 0 saturated carbocycles. The van der Waals surface area contributed by atoms with E-state index in [1.54, 1.807) is 10.9 Å². The zero-order chi connectivity index (χ0) is 18.3. The van der Waals surface area contributed by atoms with Gasteiger partial charge in [0.1, 0.15) is 11.4 Å². The number of nitrogens with two attached hydrogens (primary N) is 1. The van der Waals surface area contributed by atoms with Crippen LogP contribution in [0.2, 0.25) is 0 Å². The maximum Gasteiger partial charge on any atom is 0.254 e. The third kappa shape index (κ3) is 2.86. The van der Waals surface area contributed by atoms with Crippen molar-refractivity contribution in [2.45, 2.75) is 31.8 Å². The first-order valence-corrected chi connectivity index (χ1v) is 9.11. The molecule has 0 radical (unpaired) electrons. The molecule has 0 spiro atoms. The van der Waals surface area contributed by atoms with Crippen molar-refractivity contribution in [1.82, 2.24) is 24.6 Å². The standard InChI is InChI=1S/C17H25N7O2/c1-17(5-3-10-26-17)15(25)23-6-4-7-24(9-8-23)16-20-13(18)12-11-19-22(2)14(12)21-16/h11H,3-10H2,1-2H3,(H2,18,20,21). The van der Waals surface area contributed by atoms with Gasteiger partial charge < -0.3 is 20.3 Å². The number of carbonyl (C=O) groups is 1. The van der Waals surface area contributed by atoms with Gasteiger partial charge in [0, 0.05) is 39.8 Å². The second kappa shape index (κ2) is 6.39. The molecule has 1 atom stereocenters. The molecule has 9 heteroatoms. The molecule has 0 aliphatic carbocycles. The summed E-state index contributed by atoms with van der Waals surface area (Å²) < 4.78 is 7.42. The minimum absolute atomic E-state index is 0.0966. The Kier molecular flexibility index (Phi) is 4.18. The summed E-state index contributed by atoms with van der Waals surface area (Å²) in [5.41, 5.74) is 6.14. The van der Waals surface area contributed by atoms with Gasteiger partial charge in [-0.05, 0) is 26.2 Å². The van der Waals surface area contributed by atoms with E-state index in [4.69, 9.17) is 10.5 Å². The smallest absolute Gasteiger partial charge is 0.254 e. The van der Waals surface area contributed by atoms with Crippen LogP contribution in [-0.2, 0) is 16.6 Å². The van der Waals surface area contributed by atoms with E-state index in [-0.39, 0.29) is 5.91 Å².